The van der Waals surface area contributed by atoms with E-state index in [2.05, 4.69) is 5.32 Å². The highest BCUT2D eigenvalue weighted by Gasteiger charge is 2.43. The molecule has 0 aliphatic rings. The zero-order valence-corrected chi connectivity index (χ0v) is 16.2. The molecule has 1 amide bonds. The number of aromatic nitrogens is 1. The van der Waals surface area contributed by atoms with Crippen molar-refractivity contribution < 1.29 is 18.0 Å². The molecular weight excluding hydrogens is 403 g/mol. The molecule has 3 rings (SSSR count). The van der Waals surface area contributed by atoms with Gasteiger partial charge in [-0.25, -0.2) is 0 Å². The molecule has 1 unspecified atom stereocenters. The van der Waals surface area contributed by atoms with Gasteiger partial charge in [-0.05, 0) is 29.8 Å². The third kappa shape index (κ3) is 4.54. The van der Waals surface area contributed by atoms with E-state index in [-0.39, 0.29) is 18.5 Å². The maximum absolute atomic E-state index is 13.8. The first-order valence-corrected chi connectivity index (χ1v) is 9.24. The van der Waals surface area contributed by atoms with Crippen LogP contribution in [0.1, 0.15) is 36.1 Å². The van der Waals surface area contributed by atoms with Gasteiger partial charge < -0.3 is 9.88 Å². The van der Waals surface area contributed by atoms with Crippen molar-refractivity contribution in [3.63, 3.8) is 0 Å². The highest BCUT2D eigenvalue weighted by Crippen LogP contribution is 2.38. The van der Waals surface area contributed by atoms with E-state index < -0.39 is 18.1 Å². The molecule has 0 aliphatic heterocycles. The van der Waals surface area contributed by atoms with Gasteiger partial charge in [0, 0.05) is 40.7 Å². The summed E-state index contributed by atoms with van der Waals surface area (Å²) in [6.07, 6.45) is -3.35. The monoisotopic (exact) mass is 419 g/mol. The van der Waals surface area contributed by atoms with E-state index in [1.165, 1.54) is 25.3 Å². The first-order chi connectivity index (χ1) is 13.7. The molecule has 0 saturated carbocycles. The van der Waals surface area contributed by atoms with Gasteiger partial charge >= 0.3 is 6.18 Å². The minimum atomic E-state index is -4.67. The van der Waals surface area contributed by atoms with E-state index in [0.29, 0.717) is 21.5 Å². The lowest BCUT2D eigenvalue weighted by molar-refractivity contribution is -0.163. The molecule has 0 radical (unpaired) electrons. The number of hydrogen-bond donors (Lipinski definition) is 1. The molecule has 3 aromatic rings. The summed E-state index contributed by atoms with van der Waals surface area (Å²) in [5, 5.41) is 12.1. The molecule has 0 fully saturated rings. The fraction of sp³-hybridized carbons (Fsp3) is 0.238. The van der Waals surface area contributed by atoms with Crippen molar-refractivity contribution in [2.45, 2.75) is 32.1 Å². The Morgan fingerprint density at radius 2 is 1.93 bits per heavy atom. The fourth-order valence-electron chi connectivity index (χ4n) is 3.14. The SMILES string of the molecule is CCC(=O)NC(c1cn(Cc2ccc(Cl)cc2)c2cc(C#N)ccc12)C(F)(F)F. The molecular formula is C21H17ClF3N3O. The standard InChI is InChI=1S/C21H17ClF3N3O/c1-2-19(29)27-20(21(23,24)25)17-12-28(11-13-3-6-15(22)7-4-13)18-9-14(10-26)5-8-16(17)18/h3-9,12,20H,2,11H2,1H3,(H,27,29). The third-order valence-electron chi connectivity index (χ3n) is 4.57. The van der Waals surface area contributed by atoms with Crippen LogP contribution in [0.25, 0.3) is 10.9 Å². The summed E-state index contributed by atoms with van der Waals surface area (Å²) < 4.78 is 42.9. The Kier molecular flexibility index (Phi) is 5.85. The summed E-state index contributed by atoms with van der Waals surface area (Å²) in [5.41, 5.74) is 1.59. The molecule has 150 valence electrons. The minimum Gasteiger partial charge on any atom is -0.343 e. The molecule has 0 aliphatic carbocycles. The largest absolute Gasteiger partial charge is 0.412 e. The van der Waals surface area contributed by atoms with Crippen molar-refractivity contribution in [3.05, 3.63) is 70.4 Å². The van der Waals surface area contributed by atoms with E-state index in [0.717, 1.165) is 5.56 Å². The molecule has 4 nitrogen and oxygen atoms in total. The minimum absolute atomic E-state index is 0.0609. The topological polar surface area (TPSA) is 57.8 Å². The number of nitriles is 1. The highest BCUT2D eigenvalue weighted by molar-refractivity contribution is 6.30. The first kappa shape index (κ1) is 20.7. The van der Waals surface area contributed by atoms with Gasteiger partial charge in [0.15, 0.2) is 6.04 Å². The van der Waals surface area contributed by atoms with Crippen LogP contribution < -0.4 is 5.32 Å². The number of hydrogen-bond acceptors (Lipinski definition) is 2. The number of carbonyl (C=O) groups excluding carboxylic acids is 1. The number of nitrogens with zero attached hydrogens (tertiary/aromatic N) is 2. The second-order valence-corrected chi connectivity index (χ2v) is 7.01. The summed E-state index contributed by atoms with van der Waals surface area (Å²) in [6, 6.07) is 11.3. The Labute approximate surface area is 170 Å². The van der Waals surface area contributed by atoms with E-state index >= 15 is 0 Å². The van der Waals surface area contributed by atoms with Crippen molar-refractivity contribution in [2.75, 3.05) is 0 Å². The Balaban J connectivity index is 2.15. The third-order valence-corrected chi connectivity index (χ3v) is 4.83. The number of benzene rings is 2. The Morgan fingerprint density at radius 1 is 1.24 bits per heavy atom. The predicted octanol–water partition coefficient (Wildman–Crippen LogP) is 5.34. The zero-order valence-electron chi connectivity index (χ0n) is 15.4. The number of fused-ring (bicyclic) bond motifs is 1. The lowest BCUT2D eigenvalue weighted by atomic mass is 10.0. The van der Waals surface area contributed by atoms with E-state index in [1.54, 1.807) is 34.9 Å². The first-order valence-electron chi connectivity index (χ1n) is 8.86. The number of halogens is 4. The normalized spacial score (nSPS) is 12.6. The van der Waals surface area contributed by atoms with Crippen LogP contribution in [-0.4, -0.2) is 16.7 Å². The molecule has 1 atom stereocenters. The maximum Gasteiger partial charge on any atom is 0.412 e. The average Bonchev–Trinajstić information content (AvgIpc) is 3.03. The zero-order chi connectivity index (χ0) is 21.2. The number of nitrogens with one attached hydrogen (secondary N) is 1. The van der Waals surface area contributed by atoms with Crippen molar-refractivity contribution >= 4 is 28.4 Å². The van der Waals surface area contributed by atoms with Gasteiger partial charge in [0.1, 0.15) is 0 Å². The lowest BCUT2D eigenvalue weighted by Gasteiger charge is -2.21. The van der Waals surface area contributed by atoms with E-state index in [4.69, 9.17) is 11.6 Å². The summed E-state index contributed by atoms with van der Waals surface area (Å²) in [5.74, 6) is -0.695. The van der Waals surface area contributed by atoms with Crippen molar-refractivity contribution in [1.82, 2.24) is 9.88 Å². The van der Waals surface area contributed by atoms with Gasteiger partial charge in [0.25, 0.3) is 0 Å². The molecule has 1 N–H and O–H groups in total. The van der Waals surface area contributed by atoms with Crippen LogP contribution in [0.5, 0.6) is 0 Å². The maximum atomic E-state index is 13.8. The van der Waals surface area contributed by atoms with Crippen molar-refractivity contribution in [1.29, 1.82) is 5.26 Å². The second-order valence-electron chi connectivity index (χ2n) is 6.58. The van der Waals surface area contributed by atoms with Crippen molar-refractivity contribution in [2.24, 2.45) is 0 Å². The van der Waals surface area contributed by atoms with Crippen molar-refractivity contribution in [3.8, 4) is 6.07 Å². The molecule has 8 heteroatoms. The Morgan fingerprint density at radius 3 is 2.52 bits per heavy atom. The van der Waals surface area contributed by atoms with Crippen LogP contribution in [0.4, 0.5) is 13.2 Å². The number of alkyl halides is 3. The van der Waals surface area contributed by atoms with Gasteiger partial charge in [-0.1, -0.05) is 36.7 Å². The number of rotatable bonds is 5. The smallest absolute Gasteiger partial charge is 0.343 e. The molecule has 1 heterocycles. The van der Waals surface area contributed by atoms with E-state index in [9.17, 15) is 23.2 Å². The van der Waals surface area contributed by atoms with Crippen LogP contribution in [0, 0.1) is 11.3 Å². The van der Waals surface area contributed by atoms with Crippen LogP contribution in [0.2, 0.25) is 5.02 Å². The summed E-state index contributed by atoms with van der Waals surface area (Å²) in [7, 11) is 0. The summed E-state index contributed by atoms with van der Waals surface area (Å²) in [4.78, 5) is 11.7. The second kappa shape index (κ2) is 8.18. The molecule has 29 heavy (non-hydrogen) atoms. The van der Waals surface area contributed by atoms with Gasteiger partial charge in [-0.15, -0.1) is 0 Å². The summed E-state index contributed by atoms with van der Waals surface area (Å²) >= 11 is 5.90. The lowest BCUT2D eigenvalue weighted by Crippen LogP contribution is -2.37. The summed E-state index contributed by atoms with van der Waals surface area (Å²) in [6.45, 7) is 1.78. The van der Waals surface area contributed by atoms with Crippen LogP contribution in [0.15, 0.2) is 48.7 Å². The van der Waals surface area contributed by atoms with Crippen LogP contribution >= 0.6 is 11.6 Å². The molecule has 1 aromatic heterocycles. The quantitative estimate of drug-likeness (QED) is 0.606. The predicted molar refractivity (Wildman–Crippen MR) is 104 cm³/mol. The average molecular weight is 420 g/mol. The Hall–Kier alpha value is -2.98. The highest BCUT2D eigenvalue weighted by atomic mass is 35.5. The number of carbonyl (C=O) groups is 1. The molecule has 0 bridgehead atoms. The molecule has 0 saturated heterocycles. The van der Waals surface area contributed by atoms with Crippen LogP contribution in [0.3, 0.4) is 0 Å². The fourth-order valence-corrected chi connectivity index (χ4v) is 3.26. The van der Waals surface area contributed by atoms with Gasteiger partial charge in [0.2, 0.25) is 5.91 Å². The van der Waals surface area contributed by atoms with E-state index in [1.807, 2.05) is 6.07 Å². The van der Waals surface area contributed by atoms with Crippen LogP contribution in [-0.2, 0) is 11.3 Å². The van der Waals surface area contributed by atoms with Gasteiger partial charge in [-0.3, -0.25) is 4.79 Å². The van der Waals surface area contributed by atoms with Gasteiger partial charge in [-0.2, -0.15) is 18.4 Å². The number of amides is 1. The molecule has 2 aromatic carbocycles. The molecule has 0 spiro atoms. The Bertz CT molecular complexity index is 1080. The van der Waals surface area contributed by atoms with Gasteiger partial charge in [0.05, 0.1) is 11.6 Å².